The maximum Gasteiger partial charge on any atom is 0.303 e. The first-order chi connectivity index (χ1) is 25.5. The van der Waals surface area contributed by atoms with Gasteiger partial charge in [0.2, 0.25) is 0 Å². The van der Waals surface area contributed by atoms with Crippen molar-refractivity contribution in [2.24, 2.45) is 0 Å². The fraction of sp³-hybridized carbons (Fsp3) is 0.341. The summed E-state index contributed by atoms with van der Waals surface area (Å²) in [5.74, 6) is -0.619. The minimum Gasteiger partial charge on any atom is -0.455 e. The highest BCUT2D eigenvalue weighted by atomic mass is 28.4. The molecule has 1 aliphatic heterocycles. The van der Waals surface area contributed by atoms with Crippen LogP contribution in [0, 0.1) is 0 Å². The van der Waals surface area contributed by atoms with Crippen LogP contribution < -0.4 is 15.7 Å². The molecule has 53 heavy (non-hydrogen) atoms. The van der Waals surface area contributed by atoms with Gasteiger partial charge in [0.25, 0.3) is 14.2 Å². The predicted octanol–water partition coefficient (Wildman–Crippen LogP) is 6.23. The Hall–Kier alpha value is -5.01. The van der Waals surface area contributed by atoms with E-state index in [1.54, 1.807) is 41.2 Å². The average molecular weight is 734 g/mol. The molecule has 4 unspecified atom stereocenters. The molecule has 1 saturated heterocycles. The van der Waals surface area contributed by atoms with E-state index < -0.39 is 38.3 Å². The third kappa shape index (κ3) is 7.45. The Morgan fingerprint density at radius 3 is 2.15 bits per heavy atom. The molecule has 12 heteroatoms. The van der Waals surface area contributed by atoms with Gasteiger partial charge in [0.1, 0.15) is 18.0 Å². The van der Waals surface area contributed by atoms with Crippen LogP contribution in [0.1, 0.15) is 64.0 Å². The lowest BCUT2D eigenvalue weighted by atomic mass is 9.95. The van der Waals surface area contributed by atoms with Gasteiger partial charge in [-0.25, -0.2) is 15.0 Å². The van der Waals surface area contributed by atoms with E-state index in [0.717, 1.165) is 23.2 Å². The number of hydrogen-bond acceptors (Lipinski definition) is 9. The van der Waals surface area contributed by atoms with E-state index in [0.29, 0.717) is 23.3 Å². The highest BCUT2D eigenvalue weighted by molar-refractivity contribution is 6.99. The predicted molar refractivity (Wildman–Crippen MR) is 207 cm³/mol. The number of benzene rings is 3. The summed E-state index contributed by atoms with van der Waals surface area (Å²) < 4.78 is 28.8. The zero-order chi connectivity index (χ0) is 37.6. The zero-order valence-electron chi connectivity index (χ0n) is 30.9. The lowest BCUT2D eigenvalue weighted by molar-refractivity contribution is -0.157. The first-order valence-corrected chi connectivity index (χ1v) is 19.8. The van der Waals surface area contributed by atoms with Gasteiger partial charge in [0.05, 0.1) is 12.9 Å². The molecule has 0 bridgehead atoms. The lowest BCUT2D eigenvalue weighted by Gasteiger charge is -2.45. The summed E-state index contributed by atoms with van der Waals surface area (Å²) in [6.45, 7) is 14.8. The van der Waals surface area contributed by atoms with Gasteiger partial charge in [-0.05, 0) is 34.0 Å². The standard InChI is InChI=1S/C41H47N5O6Si/c1-7-9-25-49-35-34(51-29(3)47)39(46-28-44-33-36(42-27-43-37(33)46)45-38(48)30-19-13-10-14-20-30)52-41(35,8-2)26-50-53(40(4,5)6,31-21-15-11-16-22-31)32-23-17-12-18-24-32/h8,10-24,27-28,34-35,39H,2,7,9,25-26H2,1,3-6H3,(H,42,43,45,48). The zero-order valence-corrected chi connectivity index (χ0v) is 31.9. The number of nitrogens with one attached hydrogen (secondary N) is 1. The number of esters is 1. The van der Waals surface area contributed by atoms with E-state index >= 15 is 0 Å². The number of rotatable bonds is 14. The Balaban J connectivity index is 1.44. The van der Waals surface area contributed by atoms with Crippen molar-refractivity contribution < 1.29 is 28.2 Å². The van der Waals surface area contributed by atoms with Crippen LogP contribution in [0.5, 0.6) is 0 Å². The molecule has 0 saturated carbocycles. The minimum absolute atomic E-state index is 0.0504. The van der Waals surface area contributed by atoms with Crippen LogP contribution in [0.25, 0.3) is 11.2 Å². The van der Waals surface area contributed by atoms with Crippen LogP contribution in [0.15, 0.2) is 116 Å². The van der Waals surface area contributed by atoms with Crippen molar-refractivity contribution in [1.29, 1.82) is 0 Å². The Kier molecular flexibility index (Phi) is 11.3. The van der Waals surface area contributed by atoms with Gasteiger partial charge in [-0.15, -0.1) is 6.58 Å². The van der Waals surface area contributed by atoms with Gasteiger partial charge in [-0.2, -0.15) is 0 Å². The van der Waals surface area contributed by atoms with E-state index in [-0.39, 0.29) is 23.4 Å². The molecule has 1 aliphatic rings. The third-order valence-corrected chi connectivity index (χ3v) is 14.7. The largest absolute Gasteiger partial charge is 0.455 e. The first kappa shape index (κ1) is 37.7. The maximum absolute atomic E-state index is 13.1. The normalized spacial score (nSPS) is 20.3. The first-order valence-electron chi connectivity index (χ1n) is 17.9. The fourth-order valence-electron chi connectivity index (χ4n) is 7.12. The number of fused-ring (bicyclic) bond motifs is 1. The van der Waals surface area contributed by atoms with Gasteiger partial charge < -0.3 is 24.0 Å². The Bertz CT molecular complexity index is 1980. The van der Waals surface area contributed by atoms with Crippen molar-refractivity contribution in [3.63, 3.8) is 0 Å². The summed E-state index contributed by atoms with van der Waals surface area (Å²) >= 11 is 0. The number of carbonyl (C=O) groups is 2. The van der Waals surface area contributed by atoms with E-state index in [1.807, 2.05) is 42.5 Å². The van der Waals surface area contributed by atoms with Crippen molar-refractivity contribution in [2.45, 2.75) is 76.5 Å². The lowest BCUT2D eigenvalue weighted by Crippen LogP contribution is -2.68. The number of carbonyl (C=O) groups excluding carboxylic acids is 2. The minimum atomic E-state index is -3.06. The molecule has 5 aromatic rings. The van der Waals surface area contributed by atoms with E-state index in [9.17, 15) is 9.59 Å². The van der Waals surface area contributed by atoms with Gasteiger partial charge in [-0.3, -0.25) is 14.2 Å². The summed E-state index contributed by atoms with van der Waals surface area (Å²) in [6, 6.07) is 29.5. The Labute approximate surface area is 311 Å². The van der Waals surface area contributed by atoms with Gasteiger partial charge in [0.15, 0.2) is 29.3 Å². The fourth-order valence-corrected chi connectivity index (χ4v) is 11.7. The van der Waals surface area contributed by atoms with Gasteiger partial charge in [-0.1, -0.05) is 119 Å². The van der Waals surface area contributed by atoms with Gasteiger partial charge in [0, 0.05) is 19.1 Å². The number of hydrogen-bond donors (Lipinski definition) is 1. The van der Waals surface area contributed by atoms with Crippen molar-refractivity contribution in [3.05, 3.63) is 122 Å². The van der Waals surface area contributed by atoms with Crippen molar-refractivity contribution in [3.8, 4) is 0 Å². The van der Waals surface area contributed by atoms with E-state index in [1.165, 1.54) is 13.3 Å². The van der Waals surface area contributed by atoms with Crippen LogP contribution in [0.4, 0.5) is 5.82 Å². The molecule has 3 aromatic carbocycles. The average Bonchev–Trinajstić information content (AvgIpc) is 3.72. The smallest absolute Gasteiger partial charge is 0.303 e. The second kappa shape index (κ2) is 15.9. The Morgan fingerprint density at radius 1 is 0.962 bits per heavy atom. The maximum atomic E-state index is 13.1. The summed E-state index contributed by atoms with van der Waals surface area (Å²) in [4.78, 5) is 39.4. The number of imidazole rings is 1. The number of unbranched alkanes of at least 4 members (excludes halogenated alkanes) is 1. The molecule has 1 amide bonds. The summed E-state index contributed by atoms with van der Waals surface area (Å²) in [5, 5.41) is 4.75. The summed E-state index contributed by atoms with van der Waals surface area (Å²) in [7, 11) is -3.06. The molecule has 11 nitrogen and oxygen atoms in total. The molecule has 2 aromatic heterocycles. The second-order valence-corrected chi connectivity index (χ2v) is 18.5. The number of nitrogens with zero attached hydrogens (tertiary/aromatic N) is 4. The molecular formula is C41H47N5O6Si. The highest BCUT2D eigenvalue weighted by Crippen LogP contribution is 2.45. The number of ether oxygens (including phenoxy) is 3. The van der Waals surface area contributed by atoms with Crippen molar-refractivity contribution >= 4 is 47.5 Å². The van der Waals surface area contributed by atoms with Gasteiger partial charge >= 0.3 is 5.97 Å². The Morgan fingerprint density at radius 2 is 1.58 bits per heavy atom. The van der Waals surface area contributed by atoms with E-state index in [4.69, 9.17) is 18.6 Å². The van der Waals surface area contributed by atoms with E-state index in [2.05, 4.69) is 78.8 Å². The van der Waals surface area contributed by atoms with Crippen LogP contribution in [0.3, 0.4) is 0 Å². The van der Waals surface area contributed by atoms with Crippen LogP contribution >= 0.6 is 0 Å². The number of amides is 1. The summed E-state index contributed by atoms with van der Waals surface area (Å²) in [5.41, 5.74) is -0.105. The quantitative estimate of drug-likeness (QED) is 0.0612. The molecule has 0 spiro atoms. The molecule has 4 atom stereocenters. The topological polar surface area (TPSA) is 127 Å². The molecular weight excluding hydrogens is 687 g/mol. The molecule has 276 valence electrons. The third-order valence-electron chi connectivity index (χ3n) is 9.68. The highest BCUT2D eigenvalue weighted by Gasteiger charge is 2.60. The van der Waals surface area contributed by atoms with Crippen LogP contribution in [-0.4, -0.2) is 70.7 Å². The molecule has 0 aliphatic carbocycles. The second-order valence-electron chi connectivity index (χ2n) is 14.2. The SMILES string of the molecule is C=CC1(CO[Si](c2ccccc2)(c2ccccc2)C(C)(C)C)OC(n2cnc3c(NC(=O)c4ccccc4)ncnc32)C(OC(C)=O)C1OCCCC. The van der Waals surface area contributed by atoms with Crippen LogP contribution in [-0.2, 0) is 23.4 Å². The molecule has 1 fully saturated rings. The molecule has 3 heterocycles. The van der Waals surface area contributed by atoms with Crippen molar-refractivity contribution in [1.82, 2.24) is 19.5 Å². The summed E-state index contributed by atoms with van der Waals surface area (Å²) in [6.07, 6.45) is 3.57. The monoisotopic (exact) mass is 733 g/mol. The number of aromatic nitrogens is 4. The van der Waals surface area contributed by atoms with Crippen LogP contribution in [0.2, 0.25) is 5.04 Å². The number of anilines is 1. The molecule has 1 N–H and O–H groups in total. The van der Waals surface area contributed by atoms with Crippen molar-refractivity contribution in [2.75, 3.05) is 18.5 Å². The molecule has 0 radical (unpaired) electrons. The molecule has 6 rings (SSSR count).